The Hall–Kier alpha value is -2.55. The average molecular weight is 277 g/mol. The molecule has 1 heterocycles. The van der Waals surface area contributed by atoms with Crippen molar-refractivity contribution in [2.75, 3.05) is 11.9 Å². The number of anilines is 1. The fourth-order valence-corrected chi connectivity index (χ4v) is 2.43. The van der Waals surface area contributed by atoms with Gasteiger partial charge in [-0.25, -0.2) is 4.98 Å². The highest BCUT2D eigenvalue weighted by Crippen LogP contribution is 2.20. The second-order valence-corrected chi connectivity index (χ2v) is 5.03. The molecule has 0 spiro atoms. The molecule has 3 heteroatoms. The molecule has 21 heavy (non-hydrogen) atoms. The third-order valence-corrected chi connectivity index (χ3v) is 3.60. The molecule has 0 fully saturated rings. The molecule has 0 radical (unpaired) electrons. The summed E-state index contributed by atoms with van der Waals surface area (Å²) in [5.74, 6) is 0. The van der Waals surface area contributed by atoms with Gasteiger partial charge in [-0.2, -0.15) is 0 Å². The van der Waals surface area contributed by atoms with Gasteiger partial charge in [0.25, 0.3) is 0 Å². The Morgan fingerprint density at radius 3 is 2.33 bits per heavy atom. The number of imidazole rings is 1. The van der Waals surface area contributed by atoms with Gasteiger partial charge in [0.1, 0.15) is 0 Å². The maximum Gasteiger partial charge on any atom is 0.0956 e. The molecule has 0 saturated carbocycles. The van der Waals surface area contributed by atoms with E-state index in [1.807, 2.05) is 42.7 Å². The fraction of sp³-hybridized carbons (Fsp3) is 0.167. The van der Waals surface area contributed by atoms with Crippen molar-refractivity contribution in [1.82, 2.24) is 9.55 Å². The number of aromatic nitrogens is 2. The number of benzene rings is 2. The fourth-order valence-electron chi connectivity index (χ4n) is 2.43. The van der Waals surface area contributed by atoms with Gasteiger partial charge < -0.3 is 9.88 Å². The van der Waals surface area contributed by atoms with Gasteiger partial charge in [0.2, 0.25) is 0 Å². The smallest absolute Gasteiger partial charge is 0.0956 e. The Morgan fingerprint density at radius 1 is 0.952 bits per heavy atom. The second kappa shape index (κ2) is 6.27. The largest absolute Gasteiger partial charge is 0.383 e. The first-order valence-electron chi connectivity index (χ1n) is 7.20. The van der Waals surface area contributed by atoms with Crippen LogP contribution in [0.4, 0.5) is 5.69 Å². The lowest BCUT2D eigenvalue weighted by Crippen LogP contribution is -2.10. The minimum atomic E-state index is 0.884. The number of rotatable bonds is 5. The van der Waals surface area contributed by atoms with Crippen molar-refractivity contribution in [3.63, 3.8) is 0 Å². The van der Waals surface area contributed by atoms with Crippen LogP contribution in [0.3, 0.4) is 0 Å². The third kappa shape index (κ3) is 3.14. The van der Waals surface area contributed by atoms with Crippen molar-refractivity contribution >= 4 is 5.69 Å². The summed E-state index contributed by atoms with van der Waals surface area (Å²) in [6.45, 7) is 3.91. The normalized spacial score (nSPS) is 10.5. The minimum absolute atomic E-state index is 0.884. The second-order valence-electron chi connectivity index (χ2n) is 5.03. The van der Waals surface area contributed by atoms with Crippen LogP contribution in [0, 0.1) is 6.92 Å². The van der Waals surface area contributed by atoms with Crippen molar-refractivity contribution < 1.29 is 0 Å². The van der Waals surface area contributed by atoms with Crippen molar-refractivity contribution in [2.24, 2.45) is 0 Å². The van der Waals surface area contributed by atoms with Gasteiger partial charge in [-0.15, -0.1) is 0 Å². The van der Waals surface area contributed by atoms with E-state index in [0.717, 1.165) is 24.5 Å². The molecule has 2 aromatic carbocycles. The average Bonchev–Trinajstić information content (AvgIpc) is 2.90. The maximum absolute atomic E-state index is 4.55. The lowest BCUT2D eigenvalue weighted by atomic mass is 10.1. The molecule has 0 unspecified atom stereocenters. The Labute approximate surface area is 125 Å². The summed E-state index contributed by atoms with van der Waals surface area (Å²) in [4.78, 5) is 4.55. The molecule has 0 bridgehead atoms. The lowest BCUT2D eigenvalue weighted by Gasteiger charge is -2.09. The molecule has 0 aliphatic carbocycles. The monoisotopic (exact) mass is 277 g/mol. The molecular weight excluding hydrogens is 258 g/mol. The van der Waals surface area contributed by atoms with Gasteiger partial charge >= 0.3 is 0 Å². The summed E-state index contributed by atoms with van der Waals surface area (Å²) in [6.07, 6.45) is 1.92. The highest BCUT2D eigenvalue weighted by molar-refractivity contribution is 5.61. The van der Waals surface area contributed by atoms with E-state index in [0.29, 0.717) is 0 Å². The van der Waals surface area contributed by atoms with Crippen molar-refractivity contribution in [1.29, 1.82) is 0 Å². The quantitative estimate of drug-likeness (QED) is 0.764. The number of hydrogen-bond donors (Lipinski definition) is 1. The molecule has 1 N–H and O–H groups in total. The van der Waals surface area contributed by atoms with Gasteiger partial charge in [0.05, 0.1) is 12.0 Å². The van der Waals surface area contributed by atoms with Crippen molar-refractivity contribution in [2.45, 2.75) is 13.5 Å². The summed E-state index contributed by atoms with van der Waals surface area (Å²) in [6, 6.07) is 20.6. The molecular formula is C18H19N3. The molecule has 0 aliphatic rings. The lowest BCUT2D eigenvalue weighted by molar-refractivity contribution is 0.707. The van der Waals surface area contributed by atoms with Crippen molar-refractivity contribution in [3.05, 3.63) is 72.7 Å². The van der Waals surface area contributed by atoms with Crippen LogP contribution in [0.1, 0.15) is 5.69 Å². The molecule has 1 aromatic heterocycles. The molecule has 3 aromatic rings. The number of nitrogens with one attached hydrogen (secondary N) is 1. The third-order valence-electron chi connectivity index (χ3n) is 3.60. The Bertz CT molecular complexity index is 687. The number of para-hydroxylation sites is 1. The van der Waals surface area contributed by atoms with Crippen LogP contribution in [-0.2, 0) is 6.54 Å². The summed E-state index contributed by atoms with van der Waals surface area (Å²) in [5, 5.41) is 3.42. The molecule has 3 rings (SSSR count). The van der Waals surface area contributed by atoms with E-state index in [4.69, 9.17) is 0 Å². The topological polar surface area (TPSA) is 29.9 Å². The summed E-state index contributed by atoms with van der Waals surface area (Å²) in [5.41, 5.74) is 4.59. The van der Waals surface area contributed by atoms with E-state index >= 15 is 0 Å². The van der Waals surface area contributed by atoms with E-state index in [9.17, 15) is 0 Å². The van der Waals surface area contributed by atoms with Crippen molar-refractivity contribution in [3.8, 4) is 11.3 Å². The Kier molecular flexibility index (Phi) is 4.01. The maximum atomic E-state index is 4.55. The van der Waals surface area contributed by atoms with Crippen LogP contribution in [0.5, 0.6) is 0 Å². The Balaban J connectivity index is 1.66. The molecule has 0 atom stereocenters. The standard InChI is InChI=1S/C18H19N3/c1-15-18(16-8-4-2-5-9-16)20-14-21(15)13-12-19-17-10-6-3-7-11-17/h2-11,14,19H,12-13H2,1H3. The van der Waals surface area contributed by atoms with E-state index in [1.165, 1.54) is 11.3 Å². The SMILES string of the molecule is Cc1c(-c2ccccc2)ncn1CCNc1ccccc1. The van der Waals surface area contributed by atoms with E-state index in [-0.39, 0.29) is 0 Å². The van der Waals surface area contributed by atoms with Gasteiger partial charge in [0.15, 0.2) is 0 Å². The van der Waals surface area contributed by atoms with E-state index < -0.39 is 0 Å². The predicted octanol–water partition coefficient (Wildman–Crippen LogP) is 3.97. The van der Waals surface area contributed by atoms with Crippen LogP contribution in [0.2, 0.25) is 0 Å². The first kappa shape index (κ1) is 13.4. The predicted molar refractivity (Wildman–Crippen MR) is 87.3 cm³/mol. The van der Waals surface area contributed by atoms with E-state index in [1.54, 1.807) is 0 Å². The highest BCUT2D eigenvalue weighted by atomic mass is 15.1. The molecule has 0 saturated heterocycles. The van der Waals surface area contributed by atoms with Gasteiger partial charge in [-0.1, -0.05) is 48.5 Å². The zero-order valence-electron chi connectivity index (χ0n) is 12.2. The zero-order chi connectivity index (χ0) is 14.5. The van der Waals surface area contributed by atoms with Crippen LogP contribution in [-0.4, -0.2) is 16.1 Å². The highest BCUT2D eigenvalue weighted by Gasteiger charge is 2.07. The number of hydrogen-bond acceptors (Lipinski definition) is 2. The van der Waals surface area contributed by atoms with Gasteiger partial charge in [-0.05, 0) is 19.1 Å². The summed E-state index contributed by atoms with van der Waals surface area (Å²) in [7, 11) is 0. The first-order valence-corrected chi connectivity index (χ1v) is 7.20. The first-order chi connectivity index (χ1) is 10.3. The molecule has 106 valence electrons. The Morgan fingerprint density at radius 2 is 1.62 bits per heavy atom. The zero-order valence-corrected chi connectivity index (χ0v) is 12.2. The van der Waals surface area contributed by atoms with Crippen LogP contribution < -0.4 is 5.32 Å². The van der Waals surface area contributed by atoms with Crippen LogP contribution in [0.25, 0.3) is 11.3 Å². The molecule has 3 nitrogen and oxygen atoms in total. The van der Waals surface area contributed by atoms with Crippen LogP contribution in [0.15, 0.2) is 67.0 Å². The van der Waals surface area contributed by atoms with E-state index in [2.05, 4.69) is 46.1 Å². The van der Waals surface area contributed by atoms with Gasteiger partial charge in [0, 0.05) is 30.0 Å². The minimum Gasteiger partial charge on any atom is -0.383 e. The van der Waals surface area contributed by atoms with Gasteiger partial charge in [-0.3, -0.25) is 0 Å². The number of nitrogens with zero attached hydrogens (tertiary/aromatic N) is 2. The summed E-state index contributed by atoms with van der Waals surface area (Å²) < 4.78 is 2.19. The van der Waals surface area contributed by atoms with Crippen LogP contribution >= 0.6 is 0 Å². The summed E-state index contributed by atoms with van der Waals surface area (Å²) >= 11 is 0. The molecule has 0 amide bonds. The molecule has 0 aliphatic heterocycles.